The number of aliphatic carboxylic acids is 1. The van der Waals surface area contributed by atoms with Crippen molar-refractivity contribution in [2.45, 2.75) is 12.5 Å². The summed E-state index contributed by atoms with van der Waals surface area (Å²) in [7, 11) is 0. The molecule has 1 fully saturated rings. The lowest BCUT2D eigenvalue weighted by atomic mass is 10.1. The first-order valence-electron chi connectivity index (χ1n) is 5.04. The summed E-state index contributed by atoms with van der Waals surface area (Å²) in [6.45, 7) is 0.108. The summed E-state index contributed by atoms with van der Waals surface area (Å²) in [6, 6.07) is 5.64. The third-order valence-corrected chi connectivity index (χ3v) is 2.84. The smallest absolute Gasteiger partial charge is 0.415 e. The first-order valence-corrected chi connectivity index (χ1v) is 5.42. The monoisotopic (exact) mass is 255 g/mol. The minimum absolute atomic E-state index is 0.108. The Kier molecular flexibility index (Phi) is 3.19. The predicted octanol–water partition coefficient (Wildman–Crippen LogP) is 2.14. The third kappa shape index (κ3) is 2.19. The summed E-state index contributed by atoms with van der Waals surface area (Å²) in [5, 5.41) is 9.40. The molecule has 90 valence electrons. The zero-order valence-corrected chi connectivity index (χ0v) is 9.55. The number of carboxylic acid groups (broad SMARTS) is 1. The number of rotatable bonds is 2. The number of carbonyl (C=O) groups excluding carboxylic acids is 1. The molecule has 1 aliphatic heterocycles. The van der Waals surface area contributed by atoms with Crippen LogP contribution in [0.25, 0.3) is 0 Å². The number of halogens is 1. The fraction of sp³-hybridized carbons (Fsp3) is 0.273. The Morgan fingerprint density at radius 2 is 2.18 bits per heavy atom. The normalized spacial score (nSPS) is 19.9. The van der Waals surface area contributed by atoms with Crippen LogP contribution in [-0.2, 0) is 9.53 Å². The van der Waals surface area contributed by atoms with Crippen molar-refractivity contribution in [1.29, 1.82) is 0 Å². The third-order valence-electron chi connectivity index (χ3n) is 2.52. The molecule has 0 spiro atoms. The SMILES string of the molecule is O=C(O)C1CCOC(=O)N1c1ccccc1Cl. The highest BCUT2D eigenvalue weighted by atomic mass is 35.5. The molecular weight excluding hydrogens is 246 g/mol. The van der Waals surface area contributed by atoms with E-state index in [-0.39, 0.29) is 13.0 Å². The lowest BCUT2D eigenvalue weighted by molar-refractivity contribution is -0.139. The number of anilines is 1. The maximum atomic E-state index is 11.6. The molecule has 5 nitrogen and oxygen atoms in total. The molecule has 0 bridgehead atoms. The summed E-state index contributed by atoms with van der Waals surface area (Å²) < 4.78 is 4.85. The highest BCUT2D eigenvalue weighted by Crippen LogP contribution is 2.30. The molecule has 1 atom stereocenters. The Labute approximate surface area is 103 Å². The molecule has 0 aliphatic carbocycles. The molecule has 1 saturated heterocycles. The van der Waals surface area contributed by atoms with E-state index >= 15 is 0 Å². The number of hydrogen-bond acceptors (Lipinski definition) is 3. The lowest BCUT2D eigenvalue weighted by Crippen LogP contribution is -2.50. The average molecular weight is 256 g/mol. The molecule has 6 heteroatoms. The van der Waals surface area contributed by atoms with Crippen LogP contribution in [0.3, 0.4) is 0 Å². The van der Waals surface area contributed by atoms with Gasteiger partial charge in [0.2, 0.25) is 0 Å². The van der Waals surface area contributed by atoms with Gasteiger partial charge in [0.1, 0.15) is 6.04 Å². The van der Waals surface area contributed by atoms with Crippen LogP contribution in [-0.4, -0.2) is 29.8 Å². The van der Waals surface area contributed by atoms with Gasteiger partial charge in [-0.05, 0) is 12.1 Å². The van der Waals surface area contributed by atoms with E-state index in [4.69, 9.17) is 21.4 Å². The zero-order chi connectivity index (χ0) is 12.4. The van der Waals surface area contributed by atoms with Crippen molar-refractivity contribution >= 4 is 29.4 Å². The molecule has 0 radical (unpaired) electrons. The van der Waals surface area contributed by atoms with Gasteiger partial charge in [0.25, 0.3) is 0 Å². The first-order chi connectivity index (χ1) is 8.11. The molecule has 1 heterocycles. The quantitative estimate of drug-likeness (QED) is 0.879. The number of carbonyl (C=O) groups is 2. The van der Waals surface area contributed by atoms with Crippen LogP contribution >= 0.6 is 11.6 Å². The van der Waals surface area contributed by atoms with Crippen molar-refractivity contribution in [2.75, 3.05) is 11.5 Å². The number of ether oxygens (including phenoxy) is 1. The second-order valence-electron chi connectivity index (χ2n) is 3.58. The second kappa shape index (κ2) is 4.63. The Balaban J connectivity index is 2.42. The van der Waals surface area contributed by atoms with Crippen LogP contribution < -0.4 is 4.90 Å². The van der Waals surface area contributed by atoms with Gasteiger partial charge in [-0.1, -0.05) is 23.7 Å². The molecule has 1 aromatic rings. The molecule has 2 rings (SSSR count). The standard InChI is InChI=1S/C11H10ClNO4/c12-7-3-1-2-4-8(7)13-9(10(14)15)5-6-17-11(13)16/h1-4,9H,5-6H2,(H,14,15). The van der Waals surface area contributed by atoms with Gasteiger partial charge in [-0.3, -0.25) is 4.90 Å². The Hall–Kier alpha value is -1.75. The van der Waals surface area contributed by atoms with E-state index < -0.39 is 18.1 Å². The zero-order valence-electron chi connectivity index (χ0n) is 8.80. The Bertz CT molecular complexity index is 463. The van der Waals surface area contributed by atoms with Gasteiger partial charge in [-0.25, -0.2) is 9.59 Å². The van der Waals surface area contributed by atoms with Crippen LogP contribution in [0.15, 0.2) is 24.3 Å². The van der Waals surface area contributed by atoms with E-state index in [1.54, 1.807) is 24.3 Å². The van der Waals surface area contributed by atoms with Crippen molar-refractivity contribution in [2.24, 2.45) is 0 Å². The van der Waals surface area contributed by atoms with Gasteiger partial charge in [-0.2, -0.15) is 0 Å². The molecule has 1 amide bonds. The van der Waals surface area contributed by atoms with Crippen molar-refractivity contribution < 1.29 is 19.4 Å². The number of amides is 1. The van der Waals surface area contributed by atoms with Crippen LogP contribution in [0.4, 0.5) is 10.5 Å². The number of carboxylic acids is 1. The fourth-order valence-electron chi connectivity index (χ4n) is 1.73. The fourth-order valence-corrected chi connectivity index (χ4v) is 1.96. The number of cyclic esters (lactones) is 1. The minimum atomic E-state index is -1.07. The van der Waals surface area contributed by atoms with Gasteiger partial charge >= 0.3 is 12.1 Å². The summed E-state index contributed by atoms with van der Waals surface area (Å²) in [5.74, 6) is -1.07. The van der Waals surface area contributed by atoms with E-state index in [9.17, 15) is 9.59 Å². The van der Waals surface area contributed by atoms with Crippen LogP contribution in [0.2, 0.25) is 5.02 Å². The second-order valence-corrected chi connectivity index (χ2v) is 3.99. The highest BCUT2D eigenvalue weighted by molar-refractivity contribution is 6.33. The van der Waals surface area contributed by atoms with Crippen molar-refractivity contribution in [3.8, 4) is 0 Å². The van der Waals surface area contributed by atoms with Gasteiger partial charge in [0.05, 0.1) is 17.3 Å². The molecule has 1 aliphatic rings. The number of benzene rings is 1. The molecule has 17 heavy (non-hydrogen) atoms. The minimum Gasteiger partial charge on any atom is -0.480 e. The van der Waals surface area contributed by atoms with Crippen molar-refractivity contribution in [3.05, 3.63) is 29.3 Å². The van der Waals surface area contributed by atoms with Gasteiger partial charge in [-0.15, -0.1) is 0 Å². The van der Waals surface area contributed by atoms with Gasteiger partial charge < -0.3 is 9.84 Å². The molecule has 0 aromatic heterocycles. The van der Waals surface area contributed by atoms with E-state index in [1.165, 1.54) is 0 Å². The maximum absolute atomic E-state index is 11.6. The van der Waals surface area contributed by atoms with Crippen molar-refractivity contribution in [1.82, 2.24) is 0 Å². The van der Waals surface area contributed by atoms with E-state index in [0.717, 1.165) is 4.90 Å². The summed E-state index contributed by atoms with van der Waals surface area (Å²) in [6.07, 6.45) is -0.441. The predicted molar refractivity (Wildman–Crippen MR) is 61.3 cm³/mol. The largest absolute Gasteiger partial charge is 0.480 e. The van der Waals surface area contributed by atoms with E-state index in [2.05, 4.69) is 0 Å². The lowest BCUT2D eigenvalue weighted by Gasteiger charge is -2.32. The highest BCUT2D eigenvalue weighted by Gasteiger charge is 2.36. The molecular formula is C11H10ClNO4. The van der Waals surface area contributed by atoms with Gasteiger partial charge in [0, 0.05) is 6.42 Å². The molecule has 1 N–H and O–H groups in total. The number of hydrogen-bond donors (Lipinski definition) is 1. The molecule has 1 unspecified atom stereocenters. The first kappa shape index (κ1) is 11.7. The number of nitrogens with zero attached hydrogens (tertiary/aromatic N) is 1. The van der Waals surface area contributed by atoms with E-state index in [1.807, 2.05) is 0 Å². The summed E-state index contributed by atoms with van der Waals surface area (Å²) in [4.78, 5) is 23.8. The topological polar surface area (TPSA) is 66.8 Å². The maximum Gasteiger partial charge on any atom is 0.415 e. The Morgan fingerprint density at radius 3 is 2.82 bits per heavy atom. The van der Waals surface area contributed by atoms with Crippen LogP contribution in [0.1, 0.15) is 6.42 Å². The van der Waals surface area contributed by atoms with Crippen LogP contribution in [0.5, 0.6) is 0 Å². The van der Waals surface area contributed by atoms with Crippen LogP contribution in [0, 0.1) is 0 Å². The summed E-state index contributed by atoms with van der Waals surface area (Å²) >= 11 is 5.95. The Morgan fingerprint density at radius 1 is 1.47 bits per heavy atom. The van der Waals surface area contributed by atoms with E-state index in [0.29, 0.717) is 10.7 Å². The molecule has 0 saturated carbocycles. The van der Waals surface area contributed by atoms with Gasteiger partial charge in [0.15, 0.2) is 0 Å². The number of para-hydroxylation sites is 1. The van der Waals surface area contributed by atoms with Crippen molar-refractivity contribution in [3.63, 3.8) is 0 Å². The molecule has 1 aromatic carbocycles. The summed E-state index contributed by atoms with van der Waals surface area (Å²) in [5.41, 5.74) is 0.353. The average Bonchev–Trinajstić information content (AvgIpc) is 2.30.